The Hall–Kier alpha value is -2.18. The highest BCUT2D eigenvalue weighted by Crippen LogP contribution is 2.13. The largest absolute Gasteiger partial charge is 0.350 e. The molecule has 0 saturated carbocycles. The van der Waals surface area contributed by atoms with Gasteiger partial charge in [-0.15, -0.1) is 0 Å². The Morgan fingerprint density at radius 2 is 1.67 bits per heavy atom. The van der Waals surface area contributed by atoms with Crippen LogP contribution in [0.5, 0.6) is 0 Å². The number of carbonyl (C=O) groups is 1. The molecular weight excluding hydrogens is 324 g/mol. The quantitative estimate of drug-likeness (QED) is 0.809. The van der Waals surface area contributed by atoms with Gasteiger partial charge >= 0.3 is 0 Å². The molecule has 0 spiro atoms. The van der Waals surface area contributed by atoms with Crippen LogP contribution in [0.15, 0.2) is 59.5 Å². The Morgan fingerprint density at radius 1 is 1.04 bits per heavy atom. The first-order chi connectivity index (χ1) is 11.4. The Balaban J connectivity index is 1.82. The molecule has 0 heterocycles. The molecule has 0 aliphatic rings. The van der Waals surface area contributed by atoms with Crippen LogP contribution in [0.2, 0.25) is 0 Å². The maximum atomic E-state index is 12.0. The number of hydrogen-bond donors (Lipinski definition) is 2. The summed E-state index contributed by atoms with van der Waals surface area (Å²) in [7, 11) is -3.57. The van der Waals surface area contributed by atoms with Crippen molar-refractivity contribution in [2.45, 2.75) is 31.2 Å². The van der Waals surface area contributed by atoms with Crippen molar-refractivity contribution in [2.75, 3.05) is 6.54 Å². The van der Waals surface area contributed by atoms with Crippen molar-refractivity contribution in [1.29, 1.82) is 0 Å². The fourth-order valence-electron chi connectivity index (χ4n) is 2.23. The molecule has 2 aromatic rings. The number of hydrogen-bond acceptors (Lipinski definition) is 3. The second-order valence-corrected chi connectivity index (χ2v) is 7.43. The highest BCUT2D eigenvalue weighted by atomic mass is 32.2. The van der Waals surface area contributed by atoms with Crippen molar-refractivity contribution in [2.24, 2.45) is 0 Å². The molecule has 1 atom stereocenters. The minimum absolute atomic E-state index is 0.0592. The van der Waals surface area contributed by atoms with Crippen LogP contribution < -0.4 is 10.0 Å². The van der Waals surface area contributed by atoms with Crippen LogP contribution in [0.25, 0.3) is 0 Å². The van der Waals surface area contributed by atoms with Gasteiger partial charge in [0, 0.05) is 13.0 Å². The zero-order chi connectivity index (χ0) is 17.6. The first-order valence-electron chi connectivity index (χ1n) is 7.79. The molecule has 128 valence electrons. The molecule has 2 rings (SSSR count). The number of carbonyl (C=O) groups excluding carboxylic acids is 1. The summed E-state index contributed by atoms with van der Waals surface area (Å²) >= 11 is 0. The van der Waals surface area contributed by atoms with E-state index in [1.54, 1.807) is 18.2 Å². The first-order valence-corrected chi connectivity index (χ1v) is 9.27. The normalized spacial score (nSPS) is 12.6. The predicted molar refractivity (Wildman–Crippen MR) is 94.0 cm³/mol. The summed E-state index contributed by atoms with van der Waals surface area (Å²) in [6.45, 7) is 3.96. The lowest BCUT2D eigenvalue weighted by atomic mass is 10.1. The van der Waals surface area contributed by atoms with Gasteiger partial charge in [-0.25, -0.2) is 13.1 Å². The third kappa shape index (κ3) is 5.18. The lowest BCUT2D eigenvalue weighted by Gasteiger charge is -2.15. The van der Waals surface area contributed by atoms with Crippen LogP contribution in [0.3, 0.4) is 0 Å². The summed E-state index contributed by atoms with van der Waals surface area (Å²) in [5.41, 5.74) is 2.17. The Labute approximate surface area is 143 Å². The highest BCUT2D eigenvalue weighted by molar-refractivity contribution is 7.89. The van der Waals surface area contributed by atoms with E-state index in [0.717, 1.165) is 11.1 Å². The molecule has 6 heteroatoms. The lowest BCUT2D eigenvalue weighted by molar-refractivity contribution is -0.121. The van der Waals surface area contributed by atoms with Crippen LogP contribution in [0.4, 0.5) is 0 Å². The van der Waals surface area contributed by atoms with Gasteiger partial charge in [0.05, 0.1) is 10.9 Å². The van der Waals surface area contributed by atoms with E-state index in [1.165, 1.54) is 12.1 Å². The average Bonchev–Trinajstić information content (AvgIpc) is 2.56. The first kappa shape index (κ1) is 18.2. The molecule has 0 aliphatic carbocycles. The molecule has 0 bridgehead atoms. The number of nitrogens with one attached hydrogen (secondary N) is 2. The number of amides is 1. The molecule has 0 saturated heterocycles. The third-order valence-electron chi connectivity index (χ3n) is 3.65. The van der Waals surface area contributed by atoms with Crippen molar-refractivity contribution in [3.8, 4) is 0 Å². The van der Waals surface area contributed by atoms with Gasteiger partial charge in [0.15, 0.2) is 0 Å². The van der Waals surface area contributed by atoms with E-state index in [1.807, 2.05) is 38.1 Å². The van der Waals surface area contributed by atoms with Gasteiger partial charge in [-0.1, -0.05) is 48.0 Å². The minimum atomic E-state index is -3.57. The zero-order valence-corrected chi connectivity index (χ0v) is 14.6. The van der Waals surface area contributed by atoms with Gasteiger partial charge < -0.3 is 5.32 Å². The molecule has 0 fully saturated rings. The summed E-state index contributed by atoms with van der Waals surface area (Å²) in [4.78, 5) is 12.2. The SMILES string of the molecule is Cc1ccc(C(C)NC(=O)CCNS(=O)(=O)c2ccccc2)cc1. The van der Waals surface area contributed by atoms with Gasteiger partial charge in [-0.2, -0.15) is 0 Å². The predicted octanol–water partition coefficient (Wildman–Crippen LogP) is 2.54. The van der Waals surface area contributed by atoms with Crippen molar-refractivity contribution < 1.29 is 13.2 Å². The van der Waals surface area contributed by atoms with E-state index in [-0.39, 0.29) is 29.8 Å². The van der Waals surface area contributed by atoms with Gasteiger partial charge in [0.25, 0.3) is 0 Å². The Kier molecular flexibility index (Phi) is 6.11. The summed E-state index contributed by atoms with van der Waals surface area (Å²) in [5, 5.41) is 2.87. The Bertz CT molecular complexity index is 772. The fourth-order valence-corrected chi connectivity index (χ4v) is 3.29. The smallest absolute Gasteiger partial charge is 0.240 e. The molecule has 0 radical (unpaired) electrons. The van der Waals surface area contributed by atoms with Crippen LogP contribution >= 0.6 is 0 Å². The fraction of sp³-hybridized carbons (Fsp3) is 0.278. The van der Waals surface area contributed by atoms with Gasteiger partial charge in [-0.3, -0.25) is 4.79 Å². The molecule has 1 unspecified atom stereocenters. The topological polar surface area (TPSA) is 75.3 Å². The second-order valence-electron chi connectivity index (χ2n) is 5.66. The minimum Gasteiger partial charge on any atom is -0.350 e. The van der Waals surface area contributed by atoms with Crippen LogP contribution in [0.1, 0.15) is 30.5 Å². The van der Waals surface area contributed by atoms with E-state index in [9.17, 15) is 13.2 Å². The average molecular weight is 346 g/mol. The summed E-state index contributed by atoms with van der Waals surface area (Å²) < 4.78 is 26.5. The van der Waals surface area contributed by atoms with Crippen LogP contribution in [-0.4, -0.2) is 20.9 Å². The van der Waals surface area contributed by atoms with E-state index < -0.39 is 10.0 Å². The maximum absolute atomic E-state index is 12.0. The maximum Gasteiger partial charge on any atom is 0.240 e. The molecule has 1 amide bonds. The Morgan fingerprint density at radius 3 is 2.29 bits per heavy atom. The molecule has 2 aromatic carbocycles. The van der Waals surface area contributed by atoms with Crippen LogP contribution in [-0.2, 0) is 14.8 Å². The number of sulfonamides is 1. The molecule has 2 N–H and O–H groups in total. The summed E-state index contributed by atoms with van der Waals surface area (Å²) in [5.74, 6) is -0.196. The lowest BCUT2D eigenvalue weighted by Crippen LogP contribution is -2.32. The van der Waals surface area contributed by atoms with E-state index in [2.05, 4.69) is 10.0 Å². The molecule has 24 heavy (non-hydrogen) atoms. The molecule has 0 aromatic heterocycles. The van der Waals surface area contributed by atoms with Gasteiger partial charge in [0.1, 0.15) is 0 Å². The van der Waals surface area contributed by atoms with Crippen molar-refractivity contribution >= 4 is 15.9 Å². The van der Waals surface area contributed by atoms with E-state index >= 15 is 0 Å². The van der Waals surface area contributed by atoms with Crippen LogP contribution in [0, 0.1) is 6.92 Å². The summed E-state index contributed by atoms with van der Waals surface area (Å²) in [6, 6.07) is 15.9. The van der Waals surface area contributed by atoms with Crippen molar-refractivity contribution in [3.05, 3.63) is 65.7 Å². The molecule has 0 aliphatic heterocycles. The number of aryl methyl sites for hydroxylation is 1. The summed E-state index contributed by atoms with van der Waals surface area (Å²) in [6.07, 6.45) is 0.0856. The van der Waals surface area contributed by atoms with Crippen molar-refractivity contribution in [1.82, 2.24) is 10.0 Å². The third-order valence-corrected chi connectivity index (χ3v) is 5.13. The molecular formula is C18H22N2O3S. The zero-order valence-electron chi connectivity index (χ0n) is 13.8. The monoisotopic (exact) mass is 346 g/mol. The number of rotatable bonds is 7. The van der Waals surface area contributed by atoms with E-state index in [4.69, 9.17) is 0 Å². The van der Waals surface area contributed by atoms with Gasteiger partial charge in [-0.05, 0) is 31.5 Å². The highest BCUT2D eigenvalue weighted by Gasteiger charge is 2.14. The van der Waals surface area contributed by atoms with E-state index in [0.29, 0.717) is 0 Å². The standard InChI is InChI=1S/C18H22N2O3S/c1-14-8-10-16(11-9-14)15(2)20-18(21)12-13-19-24(22,23)17-6-4-3-5-7-17/h3-11,15,19H,12-13H2,1-2H3,(H,20,21). The number of benzene rings is 2. The van der Waals surface area contributed by atoms with Crippen molar-refractivity contribution in [3.63, 3.8) is 0 Å². The second kappa shape index (κ2) is 8.08. The molecule has 5 nitrogen and oxygen atoms in total. The van der Waals surface area contributed by atoms with Gasteiger partial charge in [0.2, 0.25) is 15.9 Å².